The summed E-state index contributed by atoms with van der Waals surface area (Å²) in [6.45, 7) is 5.67. The molecular weight excluding hydrogens is 1290 g/mol. The zero-order valence-electron chi connectivity index (χ0n) is 55.9. The Labute approximate surface area is 579 Å². The number of fused-ring (bicyclic) bond motifs is 2. The van der Waals surface area contributed by atoms with Gasteiger partial charge >= 0.3 is 0 Å². The molecule has 29 heteroatoms. The van der Waals surface area contributed by atoms with Gasteiger partial charge in [0.2, 0.25) is 65.0 Å². The van der Waals surface area contributed by atoms with Crippen molar-refractivity contribution >= 4 is 93.3 Å². The van der Waals surface area contributed by atoms with Gasteiger partial charge in [-0.2, -0.15) is 0 Å². The van der Waals surface area contributed by atoms with Crippen LogP contribution in [0.3, 0.4) is 0 Å². The van der Waals surface area contributed by atoms with Gasteiger partial charge in [0.1, 0.15) is 66.2 Å². The lowest BCUT2D eigenvalue weighted by atomic mass is 9.99. The summed E-state index contributed by atoms with van der Waals surface area (Å²) in [5.41, 5.74) is 13.3. The van der Waals surface area contributed by atoms with E-state index in [9.17, 15) is 63.0 Å². The van der Waals surface area contributed by atoms with Gasteiger partial charge in [0.25, 0.3) is 0 Å². The van der Waals surface area contributed by atoms with E-state index in [-0.39, 0.29) is 101 Å². The van der Waals surface area contributed by atoms with Gasteiger partial charge in [-0.1, -0.05) is 98.2 Å². The summed E-state index contributed by atoms with van der Waals surface area (Å²) in [5, 5.41) is 50.5. The van der Waals surface area contributed by atoms with Crippen LogP contribution < -0.4 is 64.6 Å². The van der Waals surface area contributed by atoms with Crippen LogP contribution in [0.5, 0.6) is 5.75 Å². The predicted molar refractivity (Wildman–Crippen MR) is 369 cm³/mol. The Hall–Kier alpha value is -10.2. The first-order chi connectivity index (χ1) is 47.3. The third-order valence-electron chi connectivity index (χ3n) is 16.9. The molecule has 0 bridgehead atoms. The topological polar surface area (TPSA) is 429 Å². The maximum absolute atomic E-state index is 14.9. The Morgan fingerprint density at radius 1 is 0.636 bits per heavy atom. The van der Waals surface area contributed by atoms with Crippen LogP contribution >= 0.6 is 11.6 Å². The van der Waals surface area contributed by atoms with Gasteiger partial charge in [-0.3, -0.25) is 62.7 Å². The quantitative estimate of drug-likeness (QED) is 0.0205. The van der Waals surface area contributed by atoms with Gasteiger partial charge in [0.15, 0.2) is 5.96 Å². The minimum absolute atomic E-state index is 0.0226. The van der Waals surface area contributed by atoms with Crippen LogP contribution in [0.25, 0.3) is 10.8 Å². The highest BCUT2D eigenvalue weighted by Crippen LogP contribution is 2.23. The van der Waals surface area contributed by atoms with Crippen LogP contribution in [0.1, 0.15) is 101 Å². The number of phenols is 1. The van der Waals surface area contributed by atoms with E-state index in [1.807, 2.05) is 56.3 Å². The second-order valence-electron chi connectivity index (χ2n) is 25.3. The summed E-state index contributed by atoms with van der Waals surface area (Å²) < 4.78 is 0. The molecule has 2 saturated heterocycles. The van der Waals surface area contributed by atoms with Crippen molar-refractivity contribution in [1.29, 1.82) is 0 Å². The standard InChI is InChI=1S/C70H90ClN15O13/c1-40(2)32-53-62(92)80-52(16-10-30-76-70(72)73)69(99)86-31-11-17-59(86)68(98)77-41(3)60(90)75-29-8-7-15-51(61(91)81-53)79-64(94)55(35-44-21-26-50(89)27-22-44)84-67(97)58(39-87)85-66(96)57(37-46-12-9-28-74-38-46)83-65(95)56(34-43-19-24-49(71)25-20-43)82-63(93)54(78-42(4)88)36-45-18-23-47-13-5-6-14-48(47)33-45/h5-6,9,12-14,18-28,33,38,40-41,51-59,87,89H,7-8,10-11,15-17,29-32,34-37,39H2,1-4H3,(H,75,90)(H,77,98)(H,78,88)(H,79,94)(H,80,92)(H,81,91)(H,82,93)(H,83,95)(H,84,97)(H,85,96)(H4,72,73,76)/t41-,51-,52+,53+,54-,55+,56-,57-,58+,59+/m1/s1. The van der Waals surface area contributed by atoms with Gasteiger partial charge in [-0.05, 0) is 128 Å². The SMILES string of the molecule is CC(=O)N[C@H](Cc1ccc2ccccc2c1)C(=O)N[C@H](Cc1ccc(Cl)cc1)C(=O)N[C@H](Cc1cccnc1)C(=O)N[C@@H](CO)C(=O)N[C@@H](Cc1ccc(O)cc1)C(=O)N[C@@H]1CCCCNC(=O)[C@@H](C)NC(=O)[C@@H]2CCCN2C(=O)[C@H](CCCN=C(N)N)NC(=O)[C@H](CC(C)C)NC1=O. The third-order valence-corrected chi connectivity index (χ3v) is 17.1. The molecule has 28 nitrogen and oxygen atoms in total. The first-order valence-electron chi connectivity index (χ1n) is 33.2. The molecule has 0 aliphatic carbocycles. The normalized spacial score (nSPS) is 19.4. The van der Waals surface area contributed by atoms with E-state index in [0.29, 0.717) is 40.1 Å². The number of aromatic nitrogens is 1. The predicted octanol–water partition coefficient (Wildman–Crippen LogP) is 0.650. The van der Waals surface area contributed by atoms with Crippen molar-refractivity contribution in [3.8, 4) is 5.75 Å². The number of nitrogens with zero attached hydrogens (tertiary/aromatic N) is 3. The number of guanidine groups is 1. The molecule has 2 aliphatic rings. The number of carbonyl (C=O) groups excluding carboxylic acids is 11. The summed E-state index contributed by atoms with van der Waals surface area (Å²) in [4.78, 5) is 166. The number of hydrogen-bond acceptors (Lipinski definition) is 15. The molecule has 2 fully saturated rings. The highest BCUT2D eigenvalue weighted by molar-refractivity contribution is 6.30. The van der Waals surface area contributed by atoms with Crippen LogP contribution in [0.4, 0.5) is 0 Å². The Morgan fingerprint density at radius 3 is 1.83 bits per heavy atom. The van der Waals surface area contributed by atoms with Crippen LogP contribution in [0.15, 0.2) is 121 Å². The molecule has 3 heterocycles. The van der Waals surface area contributed by atoms with Crippen molar-refractivity contribution in [3.05, 3.63) is 143 Å². The van der Waals surface area contributed by atoms with Crippen molar-refractivity contribution in [3.63, 3.8) is 0 Å². The fourth-order valence-electron chi connectivity index (χ4n) is 11.7. The van der Waals surface area contributed by atoms with E-state index in [4.69, 9.17) is 23.1 Å². The Bertz CT molecular complexity index is 3670. The molecule has 11 amide bonds. The molecule has 0 radical (unpaired) electrons. The third kappa shape index (κ3) is 23.8. The fraction of sp³-hybridized carbons (Fsp3) is 0.443. The van der Waals surface area contributed by atoms with Crippen molar-refractivity contribution in [1.82, 2.24) is 63.1 Å². The van der Waals surface area contributed by atoms with E-state index in [0.717, 1.165) is 10.8 Å². The maximum atomic E-state index is 14.9. The maximum Gasteiger partial charge on any atom is 0.245 e. The Morgan fingerprint density at radius 2 is 1.21 bits per heavy atom. The van der Waals surface area contributed by atoms with Gasteiger partial charge in [0, 0.05) is 69.7 Å². The molecule has 7 rings (SSSR count). The number of hydrogen-bond donors (Lipinski definition) is 14. The van der Waals surface area contributed by atoms with E-state index in [2.05, 4.69) is 63.1 Å². The first kappa shape index (κ1) is 76.2. The summed E-state index contributed by atoms with van der Waals surface area (Å²) in [6.07, 6.45) is 3.72. The number of pyridine rings is 1. The molecule has 2 aliphatic heterocycles. The van der Waals surface area contributed by atoms with Crippen molar-refractivity contribution in [2.75, 3.05) is 26.2 Å². The number of carbonyl (C=O) groups is 11. The summed E-state index contributed by atoms with van der Waals surface area (Å²) in [5.74, 6) is -8.89. The Balaban J connectivity index is 1.14. The minimum Gasteiger partial charge on any atom is -0.508 e. The highest BCUT2D eigenvalue weighted by Gasteiger charge is 2.40. The van der Waals surface area contributed by atoms with E-state index >= 15 is 0 Å². The van der Waals surface area contributed by atoms with Gasteiger partial charge in [-0.25, -0.2) is 0 Å². The van der Waals surface area contributed by atoms with E-state index in [1.165, 1.54) is 55.4 Å². The van der Waals surface area contributed by atoms with Crippen molar-refractivity contribution in [2.45, 2.75) is 165 Å². The number of benzene rings is 4. The molecule has 0 saturated carbocycles. The van der Waals surface area contributed by atoms with E-state index < -0.39 is 132 Å². The number of rotatable bonds is 26. The second kappa shape index (κ2) is 37.5. The number of nitrogens with one attached hydrogen (secondary N) is 10. The molecule has 16 N–H and O–H groups in total. The average molecular weight is 1390 g/mol. The zero-order chi connectivity index (χ0) is 71.7. The summed E-state index contributed by atoms with van der Waals surface area (Å²) in [7, 11) is 0. The van der Waals surface area contributed by atoms with Crippen molar-refractivity contribution in [2.24, 2.45) is 22.4 Å². The Kier molecular flexibility index (Phi) is 28.8. The summed E-state index contributed by atoms with van der Waals surface area (Å²) >= 11 is 6.23. The lowest BCUT2D eigenvalue weighted by molar-refractivity contribution is -0.142. The first-order valence-corrected chi connectivity index (χ1v) is 33.6. The molecule has 0 spiro atoms. The number of aliphatic imine (C=N–C) groups is 1. The highest BCUT2D eigenvalue weighted by atomic mass is 35.5. The van der Waals surface area contributed by atoms with Crippen LogP contribution in [0.2, 0.25) is 5.02 Å². The number of aliphatic hydroxyl groups is 1. The average Bonchev–Trinajstić information content (AvgIpc) is 1.81. The minimum atomic E-state index is -1.82. The number of amides is 11. The van der Waals surface area contributed by atoms with Crippen LogP contribution in [-0.2, 0) is 78.4 Å². The molecule has 0 unspecified atom stereocenters. The monoisotopic (exact) mass is 1380 g/mol. The number of phenolic OH excluding ortho intramolecular Hbond substituents is 1. The number of aliphatic hydroxyl groups excluding tert-OH is 1. The molecular formula is C70H90ClN15O13. The van der Waals surface area contributed by atoms with Crippen LogP contribution in [0, 0.1) is 5.92 Å². The molecule has 4 aromatic carbocycles. The zero-order valence-corrected chi connectivity index (χ0v) is 56.6. The number of halogens is 1. The lowest BCUT2D eigenvalue weighted by Crippen LogP contribution is -2.61. The van der Waals surface area contributed by atoms with Gasteiger partial charge < -0.3 is 79.7 Å². The second-order valence-corrected chi connectivity index (χ2v) is 25.7. The van der Waals surface area contributed by atoms with Gasteiger partial charge in [-0.15, -0.1) is 0 Å². The summed E-state index contributed by atoms with van der Waals surface area (Å²) in [6, 6.07) is 15.2. The molecule has 1 aromatic heterocycles. The molecule has 5 aromatic rings. The molecule has 99 heavy (non-hydrogen) atoms. The van der Waals surface area contributed by atoms with E-state index in [1.54, 1.807) is 36.4 Å². The van der Waals surface area contributed by atoms with Gasteiger partial charge in [0.05, 0.1) is 6.61 Å². The smallest absolute Gasteiger partial charge is 0.245 e. The molecule has 10 atom stereocenters. The number of nitrogens with two attached hydrogens (primary N) is 2. The fourth-order valence-corrected chi connectivity index (χ4v) is 11.8. The largest absolute Gasteiger partial charge is 0.508 e. The number of aromatic hydroxyl groups is 1. The lowest BCUT2D eigenvalue weighted by Gasteiger charge is -2.31. The van der Waals surface area contributed by atoms with Crippen LogP contribution in [-0.4, -0.2) is 178 Å². The van der Waals surface area contributed by atoms with Crippen molar-refractivity contribution < 1.29 is 63.0 Å². The molecule has 530 valence electrons.